The zero-order valence-corrected chi connectivity index (χ0v) is 7.70. The van der Waals surface area contributed by atoms with Gasteiger partial charge in [-0.3, -0.25) is 9.35 Å². The van der Waals surface area contributed by atoms with Gasteiger partial charge < -0.3 is 0 Å². The van der Waals surface area contributed by atoms with Crippen LogP contribution in [0.5, 0.6) is 0 Å². The van der Waals surface area contributed by atoms with E-state index in [4.69, 9.17) is 4.55 Å². The molecule has 0 rings (SSSR count). The fourth-order valence-electron chi connectivity index (χ4n) is 0.392. The van der Waals surface area contributed by atoms with Crippen molar-refractivity contribution >= 4 is 17.0 Å². The summed E-state index contributed by atoms with van der Waals surface area (Å²) in [5.41, 5.74) is -0.452. The van der Waals surface area contributed by atoms with E-state index in [0.717, 1.165) is 0 Å². The Morgan fingerprint density at radius 3 is 2.27 bits per heavy atom. The van der Waals surface area contributed by atoms with E-state index >= 15 is 0 Å². The smallest absolute Gasteiger partial charge is 0.232 e. The molecular weight excluding hydrogens is 166 g/mol. The molecule has 66 valence electrons. The van der Waals surface area contributed by atoms with Gasteiger partial charge in [-0.1, -0.05) is 20.8 Å². The molecule has 0 radical (unpaired) electrons. The van der Waals surface area contributed by atoms with Gasteiger partial charge in [0, 0.05) is 5.41 Å². The van der Waals surface area contributed by atoms with Crippen molar-refractivity contribution in [3.63, 3.8) is 0 Å². The molecule has 4 nitrogen and oxygen atoms in total. The standard InChI is InChI=1S/C6H13NO3S/c1-6(2,3)5(8)4-7-11(9)10/h7H,4H2,1-3H3,(H,9,10). The highest BCUT2D eigenvalue weighted by Crippen LogP contribution is 2.13. The van der Waals surface area contributed by atoms with E-state index in [1.54, 1.807) is 20.8 Å². The molecule has 0 amide bonds. The van der Waals surface area contributed by atoms with E-state index in [1.807, 2.05) is 0 Å². The first-order chi connectivity index (χ1) is 4.84. The number of ketones is 1. The molecule has 0 aliphatic heterocycles. The van der Waals surface area contributed by atoms with E-state index in [0.29, 0.717) is 0 Å². The Morgan fingerprint density at radius 1 is 1.55 bits per heavy atom. The highest BCUT2D eigenvalue weighted by atomic mass is 32.2. The lowest BCUT2D eigenvalue weighted by Crippen LogP contribution is -2.32. The zero-order valence-electron chi connectivity index (χ0n) is 6.88. The summed E-state index contributed by atoms with van der Waals surface area (Å²) in [6.45, 7) is 5.22. The van der Waals surface area contributed by atoms with E-state index in [-0.39, 0.29) is 12.3 Å². The van der Waals surface area contributed by atoms with Crippen LogP contribution >= 0.6 is 0 Å². The number of carbonyl (C=O) groups is 1. The topological polar surface area (TPSA) is 66.4 Å². The van der Waals surface area contributed by atoms with Crippen LogP contribution in [0.3, 0.4) is 0 Å². The lowest BCUT2D eigenvalue weighted by atomic mass is 9.91. The number of hydrogen-bond donors (Lipinski definition) is 2. The largest absolute Gasteiger partial charge is 0.298 e. The molecular formula is C6H13NO3S. The van der Waals surface area contributed by atoms with Gasteiger partial charge in [0.1, 0.15) is 0 Å². The van der Waals surface area contributed by atoms with Gasteiger partial charge in [-0.25, -0.2) is 8.93 Å². The summed E-state index contributed by atoms with van der Waals surface area (Å²) >= 11 is -2.09. The van der Waals surface area contributed by atoms with Crippen molar-refractivity contribution in [1.29, 1.82) is 0 Å². The molecule has 5 heteroatoms. The van der Waals surface area contributed by atoms with Crippen LogP contribution in [0.15, 0.2) is 0 Å². The molecule has 0 saturated carbocycles. The zero-order chi connectivity index (χ0) is 9.07. The molecule has 0 spiro atoms. The van der Waals surface area contributed by atoms with Crippen LogP contribution in [0.2, 0.25) is 0 Å². The molecule has 0 heterocycles. The van der Waals surface area contributed by atoms with Crippen LogP contribution in [-0.4, -0.2) is 21.1 Å². The molecule has 2 N–H and O–H groups in total. The van der Waals surface area contributed by atoms with Gasteiger partial charge in [0.25, 0.3) is 0 Å². The summed E-state index contributed by atoms with van der Waals surface area (Å²) in [7, 11) is 0. The first-order valence-electron chi connectivity index (χ1n) is 3.21. The summed E-state index contributed by atoms with van der Waals surface area (Å²) in [5.74, 6) is -0.0834. The third kappa shape index (κ3) is 5.06. The molecule has 0 aromatic carbocycles. The van der Waals surface area contributed by atoms with Gasteiger partial charge >= 0.3 is 0 Å². The van der Waals surface area contributed by atoms with E-state index in [2.05, 4.69) is 4.72 Å². The second kappa shape index (κ2) is 3.94. The average Bonchev–Trinajstić information content (AvgIpc) is 1.80. The predicted molar refractivity (Wildman–Crippen MR) is 43.2 cm³/mol. The molecule has 0 saturated heterocycles. The molecule has 0 aliphatic carbocycles. The Labute approximate surface area is 68.8 Å². The molecule has 0 aromatic heterocycles. The minimum absolute atomic E-state index is 0.0629. The Bertz CT molecular complexity index is 173. The minimum Gasteiger partial charge on any atom is -0.298 e. The average molecular weight is 179 g/mol. The summed E-state index contributed by atoms with van der Waals surface area (Å²) in [5, 5.41) is 0. The van der Waals surface area contributed by atoms with Crippen LogP contribution in [0.4, 0.5) is 0 Å². The van der Waals surface area contributed by atoms with Crippen molar-refractivity contribution in [2.75, 3.05) is 6.54 Å². The van der Waals surface area contributed by atoms with E-state index in [9.17, 15) is 9.00 Å². The Hall–Kier alpha value is -0.260. The van der Waals surface area contributed by atoms with Crippen LogP contribution < -0.4 is 4.72 Å². The second-order valence-corrected chi connectivity index (χ2v) is 4.03. The Kier molecular flexibility index (Phi) is 3.85. The van der Waals surface area contributed by atoms with E-state index < -0.39 is 16.7 Å². The van der Waals surface area contributed by atoms with Gasteiger partial charge in [0.2, 0.25) is 11.3 Å². The van der Waals surface area contributed by atoms with Gasteiger partial charge in [0.05, 0.1) is 6.54 Å². The Morgan fingerprint density at radius 2 is 2.00 bits per heavy atom. The number of nitrogens with one attached hydrogen (secondary N) is 1. The van der Waals surface area contributed by atoms with Crippen molar-refractivity contribution in [3.8, 4) is 0 Å². The summed E-state index contributed by atoms with van der Waals surface area (Å²) in [6, 6.07) is 0. The maximum absolute atomic E-state index is 11.1. The van der Waals surface area contributed by atoms with Crippen LogP contribution in [-0.2, 0) is 16.1 Å². The van der Waals surface area contributed by atoms with Gasteiger partial charge in [0.15, 0.2) is 5.78 Å². The molecule has 1 atom stereocenters. The van der Waals surface area contributed by atoms with Crippen molar-refractivity contribution in [1.82, 2.24) is 4.72 Å². The maximum Gasteiger partial charge on any atom is 0.232 e. The van der Waals surface area contributed by atoms with Crippen molar-refractivity contribution in [3.05, 3.63) is 0 Å². The fourth-order valence-corrected chi connectivity index (χ4v) is 0.647. The third-order valence-electron chi connectivity index (χ3n) is 1.19. The fraction of sp³-hybridized carbons (Fsp3) is 0.833. The van der Waals surface area contributed by atoms with Gasteiger partial charge in [-0.2, -0.15) is 0 Å². The van der Waals surface area contributed by atoms with Gasteiger partial charge in [-0.15, -0.1) is 0 Å². The monoisotopic (exact) mass is 179 g/mol. The maximum atomic E-state index is 11.1. The quantitative estimate of drug-likeness (QED) is 0.613. The van der Waals surface area contributed by atoms with Crippen molar-refractivity contribution < 1.29 is 13.6 Å². The SMILES string of the molecule is CC(C)(C)C(=O)CNS(=O)O. The van der Waals surface area contributed by atoms with Crippen molar-refractivity contribution in [2.24, 2.45) is 5.41 Å². The lowest BCUT2D eigenvalue weighted by molar-refractivity contribution is -0.125. The normalized spacial score (nSPS) is 14.5. The number of carbonyl (C=O) groups excluding carboxylic acids is 1. The van der Waals surface area contributed by atoms with Crippen LogP contribution in [0.25, 0.3) is 0 Å². The first-order valence-corrected chi connectivity index (χ1v) is 4.32. The molecule has 0 aliphatic rings. The molecule has 11 heavy (non-hydrogen) atoms. The van der Waals surface area contributed by atoms with Crippen LogP contribution in [0, 0.1) is 5.41 Å². The second-order valence-electron chi connectivity index (χ2n) is 3.24. The van der Waals surface area contributed by atoms with Crippen LogP contribution in [0.1, 0.15) is 20.8 Å². The minimum atomic E-state index is -2.09. The van der Waals surface area contributed by atoms with E-state index in [1.165, 1.54) is 0 Å². The Balaban J connectivity index is 3.80. The molecule has 0 aromatic rings. The first kappa shape index (κ1) is 10.7. The predicted octanol–water partition coefficient (Wildman–Crippen LogP) is 0.328. The number of hydrogen-bond acceptors (Lipinski definition) is 2. The summed E-state index contributed by atoms with van der Waals surface area (Å²) in [4.78, 5) is 11.1. The number of Topliss-reactive ketones (excluding diaryl/α,β-unsaturated/α-hetero) is 1. The highest BCUT2D eigenvalue weighted by Gasteiger charge is 2.20. The molecule has 1 unspecified atom stereocenters. The third-order valence-corrected chi connectivity index (χ3v) is 1.58. The lowest BCUT2D eigenvalue weighted by Gasteiger charge is -2.15. The summed E-state index contributed by atoms with van der Waals surface area (Å²) < 4.78 is 20.5. The van der Waals surface area contributed by atoms with Crippen molar-refractivity contribution in [2.45, 2.75) is 20.8 Å². The molecule has 0 fully saturated rings. The molecule has 0 bridgehead atoms. The summed E-state index contributed by atoms with van der Waals surface area (Å²) in [6.07, 6.45) is 0. The number of rotatable bonds is 3. The van der Waals surface area contributed by atoms with Gasteiger partial charge in [-0.05, 0) is 0 Å². The highest BCUT2D eigenvalue weighted by molar-refractivity contribution is 7.77.